The quantitative estimate of drug-likeness (QED) is 0.423. The molecule has 27 heavy (non-hydrogen) atoms. The summed E-state index contributed by atoms with van der Waals surface area (Å²) in [5, 5.41) is 5.46. The van der Waals surface area contributed by atoms with Crippen LogP contribution in [0.3, 0.4) is 0 Å². The zero-order valence-corrected chi connectivity index (χ0v) is 17.0. The van der Waals surface area contributed by atoms with Crippen molar-refractivity contribution in [1.82, 2.24) is 0 Å². The number of nitrogens with one attached hydrogen (secondary N) is 1. The molecule has 0 saturated carbocycles. The Morgan fingerprint density at radius 2 is 2.04 bits per heavy atom. The summed E-state index contributed by atoms with van der Waals surface area (Å²) in [6.07, 6.45) is 2.74. The van der Waals surface area contributed by atoms with E-state index in [1.807, 2.05) is 26.0 Å². The first kappa shape index (κ1) is 19.6. The highest BCUT2D eigenvalue weighted by Crippen LogP contribution is 2.44. The summed E-state index contributed by atoms with van der Waals surface area (Å²) >= 11 is 7.10. The molecule has 1 aromatic heterocycles. The molecule has 1 heterocycles. The van der Waals surface area contributed by atoms with E-state index in [1.54, 1.807) is 25.3 Å². The normalized spacial score (nSPS) is 15.6. The van der Waals surface area contributed by atoms with Crippen molar-refractivity contribution in [3.05, 3.63) is 50.9 Å². The van der Waals surface area contributed by atoms with Crippen molar-refractivity contribution in [1.29, 1.82) is 0 Å². The van der Waals surface area contributed by atoms with Gasteiger partial charge in [0.2, 0.25) is 0 Å². The van der Waals surface area contributed by atoms with Gasteiger partial charge in [0, 0.05) is 11.4 Å². The lowest BCUT2D eigenvalue weighted by Gasteiger charge is -2.29. The van der Waals surface area contributed by atoms with Crippen molar-refractivity contribution < 1.29 is 14.3 Å². The second kappa shape index (κ2) is 7.82. The van der Waals surface area contributed by atoms with Crippen LogP contribution in [0, 0.1) is 5.41 Å². The van der Waals surface area contributed by atoms with Crippen molar-refractivity contribution in [2.75, 3.05) is 12.0 Å². The summed E-state index contributed by atoms with van der Waals surface area (Å²) in [6.45, 7) is 6.13. The van der Waals surface area contributed by atoms with Gasteiger partial charge in [0.15, 0.2) is 5.78 Å². The number of nitrogens with zero attached hydrogens (tertiary/aromatic N) is 1. The van der Waals surface area contributed by atoms with Crippen molar-refractivity contribution >= 4 is 45.9 Å². The van der Waals surface area contributed by atoms with Crippen LogP contribution in [0.5, 0.6) is 0 Å². The Bertz CT molecular complexity index is 901. The number of Topliss-reactive ketones (excluding diaryl/α,β-unsaturated/α-hetero) is 1. The first-order valence-electron chi connectivity index (χ1n) is 8.71. The maximum atomic E-state index is 12.7. The van der Waals surface area contributed by atoms with Crippen molar-refractivity contribution in [3.63, 3.8) is 0 Å². The van der Waals surface area contributed by atoms with Crippen LogP contribution in [0.2, 0.25) is 5.02 Å². The fourth-order valence-corrected chi connectivity index (χ4v) is 4.35. The number of esters is 1. The summed E-state index contributed by atoms with van der Waals surface area (Å²) in [6, 6.07) is 7.24. The number of rotatable bonds is 5. The molecule has 1 aromatic carbocycles. The van der Waals surface area contributed by atoms with E-state index in [4.69, 9.17) is 16.3 Å². The Morgan fingerprint density at radius 1 is 1.33 bits per heavy atom. The number of hydrogen-bond acceptors (Lipinski definition) is 6. The minimum atomic E-state index is -0.390. The Balaban J connectivity index is 1.92. The number of hydrazone groups is 1. The van der Waals surface area contributed by atoms with Gasteiger partial charge < -0.3 is 4.74 Å². The summed E-state index contributed by atoms with van der Waals surface area (Å²) in [5.74, 6) is -0.365. The van der Waals surface area contributed by atoms with Crippen molar-refractivity contribution in [2.45, 2.75) is 33.6 Å². The van der Waals surface area contributed by atoms with Crippen molar-refractivity contribution in [3.8, 4) is 0 Å². The fourth-order valence-electron chi connectivity index (χ4n) is 3.15. The van der Waals surface area contributed by atoms with Gasteiger partial charge in [-0.1, -0.05) is 37.6 Å². The Kier molecular flexibility index (Phi) is 5.67. The van der Waals surface area contributed by atoms with Crippen LogP contribution in [-0.4, -0.2) is 24.6 Å². The Hall–Kier alpha value is -2.18. The molecular formula is C20H21ClN2O3S. The van der Waals surface area contributed by atoms with Gasteiger partial charge in [-0.05, 0) is 42.0 Å². The molecule has 0 bridgehead atoms. The monoisotopic (exact) mass is 404 g/mol. The standard InChI is InChI=1S/C20H21ClN2O3S/c1-4-26-19(25)17-14-9-20(2,3)10-15(24)16(14)18(27-17)23-22-11-12-5-7-13(21)8-6-12/h5-8,11,23H,4,9-10H2,1-3H3/b22-11+. The highest BCUT2D eigenvalue weighted by Gasteiger charge is 2.37. The third-order valence-electron chi connectivity index (χ3n) is 4.29. The number of carbonyl (C=O) groups is 2. The molecule has 0 fully saturated rings. The average molecular weight is 405 g/mol. The number of fused-ring (bicyclic) bond motifs is 1. The van der Waals surface area contributed by atoms with E-state index in [1.165, 1.54) is 11.3 Å². The molecule has 2 aromatic rings. The first-order chi connectivity index (χ1) is 12.8. The zero-order chi connectivity index (χ0) is 19.6. The number of anilines is 1. The lowest BCUT2D eigenvalue weighted by atomic mass is 9.74. The van der Waals surface area contributed by atoms with Gasteiger partial charge in [-0.2, -0.15) is 5.10 Å². The summed E-state index contributed by atoms with van der Waals surface area (Å²) in [4.78, 5) is 25.6. The van der Waals surface area contributed by atoms with E-state index >= 15 is 0 Å². The lowest BCUT2D eigenvalue weighted by Crippen LogP contribution is -2.27. The average Bonchev–Trinajstić information content (AvgIpc) is 2.94. The van der Waals surface area contributed by atoms with Crippen LogP contribution in [0.1, 0.15) is 58.3 Å². The minimum Gasteiger partial charge on any atom is -0.462 e. The smallest absolute Gasteiger partial charge is 0.348 e. The maximum Gasteiger partial charge on any atom is 0.348 e. The minimum absolute atomic E-state index is 0.0252. The Labute approximate surface area is 167 Å². The van der Waals surface area contributed by atoms with Gasteiger partial charge >= 0.3 is 5.97 Å². The maximum absolute atomic E-state index is 12.7. The summed E-state index contributed by atoms with van der Waals surface area (Å²) in [7, 11) is 0. The van der Waals surface area contributed by atoms with E-state index in [0.717, 1.165) is 11.1 Å². The molecule has 5 nitrogen and oxygen atoms in total. The molecule has 0 aliphatic heterocycles. The predicted molar refractivity (Wildman–Crippen MR) is 109 cm³/mol. The second-order valence-corrected chi connectivity index (χ2v) is 8.65. The molecule has 7 heteroatoms. The van der Waals surface area contributed by atoms with E-state index < -0.39 is 0 Å². The van der Waals surface area contributed by atoms with Crippen LogP contribution in [0.15, 0.2) is 29.4 Å². The van der Waals surface area contributed by atoms with Crippen LogP contribution in [-0.2, 0) is 11.2 Å². The molecular weight excluding hydrogens is 384 g/mol. The van der Waals surface area contributed by atoms with E-state index in [0.29, 0.717) is 39.9 Å². The lowest BCUT2D eigenvalue weighted by molar-refractivity contribution is 0.0530. The molecule has 0 amide bonds. The topological polar surface area (TPSA) is 67.8 Å². The molecule has 3 rings (SSSR count). The van der Waals surface area contributed by atoms with Gasteiger partial charge in [-0.25, -0.2) is 4.79 Å². The van der Waals surface area contributed by atoms with Gasteiger partial charge in [-0.3, -0.25) is 10.2 Å². The number of hydrogen-bond donors (Lipinski definition) is 1. The highest BCUT2D eigenvalue weighted by molar-refractivity contribution is 7.18. The van der Waals surface area contributed by atoms with E-state index in [9.17, 15) is 9.59 Å². The van der Waals surface area contributed by atoms with Crippen LogP contribution >= 0.6 is 22.9 Å². The van der Waals surface area contributed by atoms with Gasteiger partial charge in [0.1, 0.15) is 9.88 Å². The summed E-state index contributed by atoms with van der Waals surface area (Å²) < 4.78 is 5.18. The second-order valence-electron chi connectivity index (χ2n) is 7.20. The molecule has 0 atom stereocenters. The SMILES string of the molecule is CCOC(=O)c1sc(N/N=C/c2ccc(Cl)cc2)c2c1CC(C)(C)CC2=O. The number of ether oxygens (including phenoxy) is 1. The molecule has 0 saturated heterocycles. The molecule has 1 N–H and O–H groups in total. The number of thiophene rings is 1. The number of ketones is 1. The number of carbonyl (C=O) groups excluding carboxylic acids is 2. The van der Waals surface area contributed by atoms with Gasteiger partial charge in [0.05, 0.1) is 18.4 Å². The zero-order valence-electron chi connectivity index (χ0n) is 15.5. The molecule has 1 aliphatic carbocycles. The molecule has 0 radical (unpaired) electrons. The predicted octanol–water partition coefficient (Wildman–Crippen LogP) is 5.18. The highest BCUT2D eigenvalue weighted by atomic mass is 35.5. The third kappa shape index (κ3) is 4.39. The summed E-state index contributed by atoms with van der Waals surface area (Å²) in [5.41, 5.74) is 4.96. The molecule has 1 aliphatic rings. The molecule has 142 valence electrons. The van der Waals surface area contributed by atoms with E-state index in [-0.39, 0.29) is 17.2 Å². The number of halogens is 1. The largest absolute Gasteiger partial charge is 0.462 e. The van der Waals surface area contributed by atoms with Gasteiger partial charge in [0.25, 0.3) is 0 Å². The fraction of sp³-hybridized carbons (Fsp3) is 0.350. The van der Waals surface area contributed by atoms with Gasteiger partial charge in [-0.15, -0.1) is 11.3 Å². The first-order valence-corrected chi connectivity index (χ1v) is 9.91. The van der Waals surface area contributed by atoms with Crippen LogP contribution < -0.4 is 5.43 Å². The molecule has 0 unspecified atom stereocenters. The Morgan fingerprint density at radius 3 is 2.70 bits per heavy atom. The van der Waals surface area contributed by atoms with Crippen molar-refractivity contribution in [2.24, 2.45) is 10.5 Å². The third-order valence-corrected chi connectivity index (χ3v) is 5.66. The molecule has 0 spiro atoms. The van der Waals surface area contributed by atoms with E-state index in [2.05, 4.69) is 10.5 Å². The van der Waals surface area contributed by atoms with Crippen LogP contribution in [0.25, 0.3) is 0 Å². The van der Waals surface area contributed by atoms with Crippen LogP contribution in [0.4, 0.5) is 5.00 Å². The number of benzene rings is 1.